The summed E-state index contributed by atoms with van der Waals surface area (Å²) >= 11 is 5.80. The number of carbonyl (C=O) groups is 1. The smallest absolute Gasteiger partial charge is 0.227 e. The highest BCUT2D eigenvalue weighted by molar-refractivity contribution is 7.92. The second kappa shape index (κ2) is 7.06. The summed E-state index contributed by atoms with van der Waals surface area (Å²) in [7, 11) is -1.87. The first-order valence-electron chi connectivity index (χ1n) is 7.80. The van der Waals surface area contributed by atoms with Crippen molar-refractivity contribution in [3.63, 3.8) is 0 Å². The zero-order valence-electron chi connectivity index (χ0n) is 13.7. The number of nitrogens with zero attached hydrogens (tertiary/aromatic N) is 1. The predicted molar refractivity (Wildman–Crippen MR) is 95.7 cm³/mol. The summed E-state index contributed by atoms with van der Waals surface area (Å²) in [5.41, 5.74) is 0.841. The molecule has 2 aromatic carbocycles. The van der Waals surface area contributed by atoms with Crippen molar-refractivity contribution < 1.29 is 17.9 Å². The third-order valence-corrected chi connectivity index (χ3v) is 6.63. The number of carbonyl (C=O) groups excluding carboxylic acids is 1. The minimum atomic E-state index is -3.44. The summed E-state index contributed by atoms with van der Waals surface area (Å²) in [5, 5.41) is -0.0782. The monoisotopic (exact) mass is 379 g/mol. The van der Waals surface area contributed by atoms with Crippen LogP contribution in [-0.4, -0.2) is 44.7 Å². The Morgan fingerprint density at radius 3 is 2.52 bits per heavy atom. The second-order valence-corrected chi connectivity index (χ2v) is 8.61. The Bertz CT molecular complexity index is 874. The molecule has 0 aromatic heterocycles. The standard InChI is InChI=1S/C18H18ClNO4S/c1-24-15-4-2-3-13(9-15)10-18(21)20-11-17(12-20)25(22,23)16-7-5-14(19)6-8-16/h2-9,17H,10-12H2,1H3. The zero-order valence-corrected chi connectivity index (χ0v) is 15.3. The van der Waals surface area contributed by atoms with Gasteiger partial charge in [0.05, 0.1) is 18.4 Å². The van der Waals surface area contributed by atoms with Crippen LogP contribution in [0.2, 0.25) is 5.02 Å². The van der Waals surface area contributed by atoms with Crippen LogP contribution in [0.1, 0.15) is 5.56 Å². The van der Waals surface area contributed by atoms with E-state index >= 15 is 0 Å². The summed E-state index contributed by atoms with van der Waals surface area (Å²) in [5.74, 6) is 0.605. The Labute approximate surface area is 152 Å². The van der Waals surface area contributed by atoms with Crippen LogP contribution in [0.3, 0.4) is 0 Å². The Morgan fingerprint density at radius 2 is 1.88 bits per heavy atom. The molecule has 5 nitrogen and oxygen atoms in total. The number of halogens is 1. The highest BCUT2D eigenvalue weighted by atomic mass is 35.5. The van der Waals surface area contributed by atoms with Crippen LogP contribution in [0, 0.1) is 0 Å². The highest BCUT2D eigenvalue weighted by Gasteiger charge is 2.40. The van der Waals surface area contributed by atoms with Crippen molar-refractivity contribution >= 4 is 27.3 Å². The fourth-order valence-electron chi connectivity index (χ4n) is 2.72. The summed E-state index contributed by atoms with van der Waals surface area (Å²) in [6.45, 7) is 0.432. The largest absolute Gasteiger partial charge is 0.497 e. The van der Waals surface area contributed by atoms with Crippen LogP contribution in [-0.2, 0) is 21.1 Å². The summed E-state index contributed by atoms with van der Waals surface area (Å²) < 4.78 is 30.2. The molecule has 2 aromatic rings. The van der Waals surface area contributed by atoms with Crippen LogP contribution < -0.4 is 4.74 Å². The van der Waals surface area contributed by atoms with Gasteiger partial charge >= 0.3 is 0 Å². The summed E-state index contributed by atoms with van der Waals surface area (Å²) in [4.78, 5) is 14.1. The minimum absolute atomic E-state index is 0.0872. The van der Waals surface area contributed by atoms with E-state index in [0.29, 0.717) is 10.8 Å². The van der Waals surface area contributed by atoms with Crippen molar-refractivity contribution in [2.24, 2.45) is 0 Å². The van der Waals surface area contributed by atoms with E-state index in [1.807, 2.05) is 18.2 Å². The number of likely N-dealkylation sites (tertiary alicyclic amines) is 1. The average molecular weight is 380 g/mol. The number of ether oxygens (including phenoxy) is 1. The molecule has 7 heteroatoms. The number of hydrogen-bond donors (Lipinski definition) is 0. The van der Waals surface area contributed by atoms with Gasteiger partial charge in [0, 0.05) is 18.1 Å². The van der Waals surface area contributed by atoms with Gasteiger partial charge in [-0.3, -0.25) is 4.79 Å². The molecule has 0 N–H and O–H groups in total. The van der Waals surface area contributed by atoms with Gasteiger partial charge in [0.2, 0.25) is 5.91 Å². The molecule has 132 valence electrons. The maximum atomic E-state index is 12.5. The molecule has 1 aliphatic heterocycles. The molecule has 1 aliphatic rings. The molecular weight excluding hydrogens is 362 g/mol. The number of hydrogen-bond acceptors (Lipinski definition) is 4. The molecule has 0 atom stereocenters. The first-order chi connectivity index (χ1) is 11.9. The van der Waals surface area contributed by atoms with Gasteiger partial charge in [-0.2, -0.15) is 0 Å². The molecule has 1 saturated heterocycles. The van der Waals surface area contributed by atoms with Gasteiger partial charge in [-0.1, -0.05) is 23.7 Å². The van der Waals surface area contributed by atoms with Crippen LogP contribution in [0.25, 0.3) is 0 Å². The lowest BCUT2D eigenvalue weighted by molar-refractivity contribution is -0.133. The van der Waals surface area contributed by atoms with E-state index in [4.69, 9.17) is 16.3 Å². The highest BCUT2D eigenvalue weighted by Crippen LogP contribution is 2.25. The van der Waals surface area contributed by atoms with E-state index in [0.717, 1.165) is 5.56 Å². The van der Waals surface area contributed by atoms with E-state index in [2.05, 4.69) is 0 Å². The molecule has 3 rings (SSSR count). The van der Waals surface area contributed by atoms with Gasteiger partial charge in [-0.05, 0) is 42.0 Å². The molecule has 0 spiro atoms. The zero-order chi connectivity index (χ0) is 18.0. The average Bonchev–Trinajstić information content (AvgIpc) is 2.53. The number of methoxy groups -OCH3 is 1. The van der Waals surface area contributed by atoms with Crippen LogP contribution >= 0.6 is 11.6 Å². The Balaban J connectivity index is 1.61. The number of benzene rings is 2. The van der Waals surface area contributed by atoms with Crippen molar-refractivity contribution in [3.05, 3.63) is 59.1 Å². The quantitative estimate of drug-likeness (QED) is 0.801. The maximum absolute atomic E-state index is 12.5. The third-order valence-electron chi connectivity index (χ3n) is 4.27. The Kier molecular flexibility index (Phi) is 5.01. The van der Waals surface area contributed by atoms with Crippen molar-refractivity contribution in [3.8, 4) is 5.75 Å². The Morgan fingerprint density at radius 1 is 1.20 bits per heavy atom. The van der Waals surface area contributed by atoms with Gasteiger partial charge in [0.15, 0.2) is 9.84 Å². The second-order valence-electron chi connectivity index (χ2n) is 5.95. The van der Waals surface area contributed by atoms with E-state index in [-0.39, 0.29) is 30.3 Å². The minimum Gasteiger partial charge on any atom is -0.497 e. The first kappa shape index (κ1) is 17.8. The maximum Gasteiger partial charge on any atom is 0.227 e. The number of sulfone groups is 1. The molecule has 1 amide bonds. The first-order valence-corrected chi connectivity index (χ1v) is 9.73. The topological polar surface area (TPSA) is 63.7 Å². The van der Waals surface area contributed by atoms with E-state index in [1.165, 1.54) is 12.1 Å². The van der Waals surface area contributed by atoms with Crippen LogP contribution in [0.5, 0.6) is 5.75 Å². The Hall–Kier alpha value is -2.05. The molecule has 0 saturated carbocycles. The van der Waals surface area contributed by atoms with Crippen molar-refractivity contribution in [2.75, 3.05) is 20.2 Å². The van der Waals surface area contributed by atoms with Gasteiger partial charge in [-0.25, -0.2) is 8.42 Å². The molecule has 1 fully saturated rings. The number of rotatable bonds is 5. The van der Waals surface area contributed by atoms with E-state index in [1.54, 1.807) is 30.2 Å². The molecule has 1 heterocycles. The van der Waals surface area contributed by atoms with Crippen molar-refractivity contribution in [2.45, 2.75) is 16.6 Å². The van der Waals surface area contributed by atoms with Gasteiger partial charge in [0.1, 0.15) is 11.0 Å². The SMILES string of the molecule is COc1cccc(CC(=O)N2CC(S(=O)(=O)c3ccc(Cl)cc3)C2)c1. The third kappa shape index (κ3) is 3.80. The fraction of sp³-hybridized carbons (Fsp3) is 0.278. The van der Waals surface area contributed by atoms with Gasteiger partial charge in [0.25, 0.3) is 0 Å². The van der Waals surface area contributed by atoms with Crippen molar-refractivity contribution in [1.29, 1.82) is 0 Å². The summed E-state index contributed by atoms with van der Waals surface area (Å²) in [6, 6.07) is 13.4. The molecule has 0 unspecified atom stereocenters. The van der Waals surface area contributed by atoms with Crippen molar-refractivity contribution in [1.82, 2.24) is 4.90 Å². The van der Waals surface area contributed by atoms with Crippen LogP contribution in [0.4, 0.5) is 0 Å². The normalized spacial score (nSPS) is 14.9. The van der Waals surface area contributed by atoms with E-state index < -0.39 is 15.1 Å². The van der Waals surface area contributed by atoms with Gasteiger partial charge in [-0.15, -0.1) is 0 Å². The predicted octanol–water partition coefficient (Wildman–Crippen LogP) is 2.58. The molecule has 0 radical (unpaired) electrons. The van der Waals surface area contributed by atoms with Gasteiger partial charge < -0.3 is 9.64 Å². The summed E-state index contributed by atoms with van der Waals surface area (Å²) in [6.07, 6.45) is 0.227. The lowest BCUT2D eigenvalue weighted by atomic mass is 10.1. The molecule has 0 bridgehead atoms. The van der Waals surface area contributed by atoms with Crippen LogP contribution in [0.15, 0.2) is 53.4 Å². The fourth-order valence-corrected chi connectivity index (χ4v) is 4.50. The lowest BCUT2D eigenvalue weighted by Crippen LogP contribution is -2.57. The molecule has 0 aliphatic carbocycles. The molecule has 25 heavy (non-hydrogen) atoms. The number of amides is 1. The lowest BCUT2D eigenvalue weighted by Gasteiger charge is -2.38. The van der Waals surface area contributed by atoms with E-state index in [9.17, 15) is 13.2 Å². The molecular formula is C18H18ClNO4S.